The second-order valence-electron chi connectivity index (χ2n) is 5.82. The zero-order valence-electron chi connectivity index (χ0n) is 11.7. The van der Waals surface area contributed by atoms with Gasteiger partial charge in [-0.1, -0.05) is 39.5 Å². The van der Waals surface area contributed by atoms with Crippen molar-refractivity contribution in [1.82, 2.24) is 5.32 Å². The standard InChI is InChI=1S/C16H29N/c1-4-5-7-10-15-11-8-6-9-12-16(15)13-17-14(2)3/h1,14-17H,5-13H2,2-3H3. The molecule has 0 radical (unpaired) electrons. The summed E-state index contributed by atoms with van der Waals surface area (Å²) in [5.41, 5.74) is 0. The fourth-order valence-corrected chi connectivity index (χ4v) is 2.96. The lowest BCUT2D eigenvalue weighted by atomic mass is 9.84. The van der Waals surface area contributed by atoms with E-state index < -0.39 is 0 Å². The first-order valence-corrected chi connectivity index (χ1v) is 7.41. The average molecular weight is 235 g/mol. The predicted molar refractivity (Wildman–Crippen MR) is 75.9 cm³/mol. The van der Waals surface area contributed by atoms with Crippen LogP contribution in [0, 0.1) is 24.2 Å². The third-order valence-corrected chi connectivity index (χ3v) is 4.00. The maximum Gasteiger partial charge on any atom is 0.00861 e. The van der Waals surface area contributed by atoms with Gasteiger partial charge in [-0.05, 0) is 37.6 Å². The molecule has 1 rings (SSSR count). The minimum absolute atomic E-state index is 0.615. The van der Waals surface area contributed by atoms with Gasteiger partial charge in [0.05, 0.1) is 0 Å². The van der Waals surface area contributed by atoms with E-state index in [1.807, 2.05) is 0 Å². The first-order valence-electron chi connectivity index (χ1n) is 7.41. The van der Waals surface area contributed by atoms with Gasteiger partial charge < -0.3 is 5.32 Å². The zero-order valence-corrected chi connectivity index (χ0v) is 11.7. The molecule has 0 heterocycles. The van der Waals surface area contributed by atoms with Crippen LogP contribution >= 0.6 is 0 Å². The molecule has 1 saturated carbocycles. The van der Waals surface area contributed by atoms with Gasteiger partial charge in [-0.2, -0.15) is 0 Å². The van der Waals surface area contributed by atoms with Crippen molar-refractivity contribution in [1.29, 1.82) is 0 Å². The number of unbranched alkanes of at least 4 members (excludes halogenated alkanes) is 1. The van der Waals surface area contributed by atoms with Gasteiger partial charge in [0, 0.05) is 12.5 Å². The van der Waals surface area contributed by atoms with Gasteiger partial charge in [0.25, 0.3) is 0 Å². The van der Waals surface area contributed by atoms with Crippen molar-refractivity contribution < 1.29 is 0 Å². The Morgan fingerprint density at radius 3 is 2.53 bits per heavy atom. The quantitative estimate of drug-likeness (QED) is 0.417. The molecule has 1 heteroatoms. The van der Waals surface area contributed by atoms with Gasteiger partial charge in [0.15, 0.2) is 0 Å². The topological polar surface area (TPSA) is 12.0 Å². The van der Waals surface area contributed by atoms with Crippen molar-refractivity contribution >= 4 is 0 Å². The SMILES string of the molecule is C#CCCCC1CCCCCC1CNC(C)C. The maximum atomic E-state index is 5.35. The van der Waals surface area contributed by atoms with E-state index in [1.54, 1.807) is 0 Å². The van der Waals surface area contributed by atoms with E-state index in [4.69, 9.17) is 6.42 Å². The average Bonchev–Trinajstić information content (AvgIpc) is 2.52. The molecular weight excluding hydrogens is 206 g/mol. The second-order valence-corrected chi connectivity index (χ2v) is 5.82. The lowest BCUT2D eigenvalue weighted by molar-refractivity contribution is 0.274. The third kappa shape index (κ3) is 6.13. The van der Waals surface area contributed by atoms with E-state index in [-0.39, 0.29) is 0 Å². The largest absolute Gasteiger partial charge is 0.314 e. The molecular formula is C16H29N. The zero-order chi connectivity index (χ0) is 12.5. The lowest BCUT2D eigenvalue weighted by Gasteiger charge is -2.26. The Morgan fingerprint density at radius 1 is 1.18 bits per heavy atom. The van der Waals surface area contributed by atoms with Crippen molar-refractivity contribution in [2.75, 3.05) is 6.54 Å². The Hall–Kier alpha value is -0.480. The van der Waals surface area contributed by atoms with Crippen LogP contribution in [-0.2, 0) is 0 Å². The van der Waals surface area contributed by atoms with Crippen LogP contribution in [0.15, 0.2) is 0 Å². The van der Waals surface area contributed by atoms with Crippen molar-refractivity contribution in [2.45, 2.75) is 71.3 Å². The van der Waals surface area contributed by atoms with E-state index in [9.17, 15) is 0 Å². The summed E-state index contributed by atoms with van der Waals surface area (Å²) in [4.78, 5) is 0. The second kappa shape index (κ2) is 8.59. The van der Waals surface area contributed by atoms with Crippen LogP contribution in [0.5, 0.6) is 0 Å². The highest BCUT2D eigenvalue weighted by Gasteiger charge is 2.22. The molecule has 1 fully saturated rings. The summed E-state index contributed by atoms with van der Waals surface area (Å²) >= 11 is 0. The monoisotopic (exact) mass is 235 g/mol. The normalized spacial score (nSPS) is 25.5. The van der Waals surface area contributed by atoms with Crippen LogP contribution in [0.25, 0.3) is 0 Å². The smallest absolute Gasteiger partial charge is 0.00861 e. The summed E-state index contributed by atoms with van der Waals surface area (Å²) in [6.07, 6.45) is 16.0. The molecule has 2 atom stereocenters. The molecule has 0 aromatic rings. The maximum absolute atomic E-state index is 5.35. The Labute approximate surface area is 108 Å². The van der Waals surface area contributed by atoms with E-state index in [1.165, 1.54) is 51.5 Å². The summed E-state index contributed by atoms with van der Waals surface area (Å²) in [6, 6.07) is 0.615. The summed E-state index contributed by atoms with van der Waals surface area (Å²) < 4.78 is 0. The molecule has 1 N–H and O–H groups in total. The molecule has 17 heavy (non-hydrogen) atoms. The highest BCUT2D eigenvalue weighted by Crippen LogP contribution is 2.32. The van der Waals surface area contributed by atoms with E-state index >= 15 is 0 Å². The Kier molecular flexibility index (Phi) is 7.37. The minimum atomic E-state index is 0.615. The van der Waals surface area contributed by atoms with Gasteiger partial charge in [-0.25, -0.2) is 0 Å². The van der Waals surface area contributed by atoms with Crippen LogP contribution in [0.2, 0.25) is 0 Å². The highest BCUT2D eigenvalue weighted by atomic mass is 14.9. The molecule has 0 saturated heterocycles. The van der Waals surface area contributed by atoms with Crippen LogP contribution in [0.4, 0.5) is 0 Å². The van der Waals surface area contributed by atoms with Crippen LogP contribution in [0.1, 0.15) is 65.2 Å². The van der Waals surface area contributed by atoms with Crippen LogP contribution in [-0.4, -0.2) is 12.6 Å². The number of nitrogens with one attached hydrogen (secondary N) is 1. The Morgan fingerprint density at radius 2 is 1.88 bits per heavy atom. The molecule has 0 bridgehead atoms. The molecule has 0 amide bonds. The summed E-state index contributed by atoms with van der Waals surface area (Å²) in [6.45, 7) is 5.69. The predicted octanol–water partition coefficient (Wildman–Crippen LogP) is 3.98. The first-order chi connectivity index (χ1) is 8.24. The Balaban J connectivity index is 2.38. The fraction of sp³-hybridized carbons (Fsp3) is 0.875. The number of terminal acetylenes is 1. The minimum Gasteiger partial charge on any atom is -0.314 e. The van der Waals surface area contributed by atoms with E-state index in [0.717, 1.165) is 18.3 Å². The van der Waals surface area contributed by atoms with Gasteiger partial charge in [-0.3, -0.25) is 0 Å². The van der Waals surface area contributed by atoms with Gasteiger partial charge in [0.1, 0.15) is 0 Å². The molecule has 0 aliphatic heterocycles. The lowest BCUT2D eigenvalue weighted by Crippen LogP contribution is -2.32. The van der Waals surface area contributed by atoms with Gasteiger partial charge in [-0.15, -0.1) is 12.3 Å². The molecule has 1 nitrogen and oxygen atoms in total. The van der Waals surface area contributed by atoms with Gasteiger partial charge >= 0.3 is 0 Å². The summed E-state index contributed by atoms with van der Waals surface area (Å²) in [5.74, 6) is 4.57. The molecule has 2 unspecified atom stereocenters. The van der Waals surface area contributed by atoms with Crippen molar-refractivity contribution in [3.8, 4) is 12.3 Å². The fourth-order valence-electron chi connectivity index (χ4n) is 2.96. The van der Waals surface area contributed by atoms with Crippen molar-refractivity contribution in [2.24, 2.45) is 11.8 Å². The Bertz CT molecular complexity index is 226. The molecule has 1 aliphatic rings. The van der Waals surface area contributed by atoms with Crippen LogP contribution < -0.4 is 5.32 Å². The van der Waals surface area contributed by atoms with Crippen LogP contribution in [0.3, 0.4) is 0 Å². The molecule has 0 aromatic heterocycles. The number of rotatable bonds is 6. The van der Waals surface area contributed by atoms with Gasteiger partial charge in [0.2, 0.25) is 0 Å². The molecule has 98 valence electrons. The summed E-state index contributed by atoms with van der Waals surface area (Å²) in [7, 11) is 0. The van der Waals surface area contributed by atoms with E-state index in [0.29, 0.717) is 6.04 Å². The molecule has 0 spiro atoms. The highest BCUT2D eigenvalue weighted by molar-refractivity contribution is 4.84. The first kappa shape index (κ1) is 14.6. The number of hydrogen-bond donors (Lipinski definition) is 1. The van der Waals surface area contributed by atoms with E-state index in [2.05, 4.69) is 25.1 Å². The molecule has 0 aromatic carbocycles. The third-order valence-electron chi connectivity index (χ3n) is 4.00. The summed E-state index contributed by atoms with van der Waals surface area (Å²) in [5, 5.41) is 3.62. The van der Waals surface area contributed by atoms with Crippen molar-refractivity contribution in [3.05, 3.63) is 0 Å². The number of hydrogen-bond acceptors (Lipinski definition) is 1. The molecule has 1 aliphatic carbocycles. The van der Waals surface area contributed by atoms with Crippen molar-refractivity contribution in [3.63, 3.8) is 0 Å².